The first kappa shape index (κ1) is 21.4. The van der Waals surface area contributed by atoms with Crippen LogP contribution in [-0.4, -0.2) is 44.3 Å². The Hall–Kier alpha value is -2.87. The maximum atomic E-state index is 12.6. The van der Waals surface area contributed by atoms with Crippen molar-refractivity contribution in [3.05, 3.63) is 59.7 Å². The number of carbonyl (C=O) groups excluding carboxylic acids is 2. The number of piperidine rings is 1. The summed E-state index contributed by atoms with van der Waals surface area (Å²) in [6, 6.07) is 13.1. The molecule has 0 bridgehead atoms. The van der Waals surface area contributed by atoms with Crippen LogP contribution in [0.3, 0.4) is 0 Å². The van der Waals surface area contributed by atoms with Gasteiger partial charge in [-0.15, -0.1) is 0 Å². The molecule has 0 unspecified atom stereocenters. The van der Waals surface area contributed by atoms with Gasteiger partial charge >= 0.3 is 0 Å². The summed E-state index contributed by atoms with van der Waals surface area (Å²) >= 11 is 0. The summed E-state index contributed by atoms with van der Waals surface area (Å²) in [6.45, 7) is 3.17. The largest absolute Gasteiger partial charge is 0.349 e. The van der Waals surface area contributed by atoms with Crippen molar-refractivity contribution in [2.24, 2.45) is 5.92 Å². The summed E-state index contributed by atoms with van der Waals surface area (Å²) in [7, 11) is -3.74. The minimum atomic E-state index is -3.74. The van der Waals surface area contributed by atoms with Crippen LogP contribution in [0.25, 0.3) is 0 Å². The number of anilines is 1. The number of benzene rings is 2. The van der Waals surface area contributed by atoms with Gasteiger partial charge in [0.05, 0.1) is 10.6 Å². The lowest BCUT2D eigenvalue weighted by molar-refractivity contribution is -0.133. The highest BCUT2D eigenvalue weighted by atomic mass is 32.2. The zero-order valence-corrected chi connectivity index (χ0v) is 18.3. The molecule has 8 heteroatoms. The molecular weight excluding hydrogens is 414 g/mol. The third-order valence-corrected chi connectivity index (χ3v) is 7.27. The van der Waals surface area contributed by atoms with Crippen LogP contribution in [0.15, 0.2) is 53.4 Å². The molecule has 31 heavy (non-hydrogen) atoms. The number of rotatable bonds is 6. The first-order valence-electron chi connectivity index (χ1n) is 10.6. The van der Waals surface area contributed by atoms with Crippen molar-refractivity contribution in [2.45, 2.75) is 43.5 Å². The lowest BCUT2D eigenvalue weighted by Crippen LogP contribution is -2.47. The third-order valence-electron chi connectivity index (χ3n) is 5.88. The molecule has 0 radical (unpaired) electrons. The van der Waals surface area contributed by atoms with Crippen LogP contribution < -0.4 is 10.0 Å². The molecule has 164 valence electrons. The van der Waals surface area contributed by atoms with Crippen LogP contribution in [0.5, 0.6) is 0 Å². The Morgan fingerprint density at radius 3 is 2.19 bits per heavy atom. The van der Waals surface area contributed by atoms with Gasteiger partial charge in [-0.1, -0.05) is 18.2 Å². The monoisotopic (exact) mass is 441 g/mol. The number of hydrogen-bond donors (Lipinski definition) is 2. The zero-order chi connectivity index (χ0) is 22.0. The van der Waals surface area contributed by atoms with E-state index < -0.39 is 10.0 Å². The normalized spacial score (nSPS) is 17.3. The van der Waals surface area contributed by atoms with Crippen LogP contribution in [0.1, 0.15) is 41.6 Å². The number of carbonyl (C=O) groups is 2. The average molecular weight is 442 g/mol. The molecule has 0 atom stereocenters. The standard InChI is InChI=1S/C23H27N3O4S/c1-16-4-2-3-5-21(16)25-31(29,30)20-10-8-17(9-11-20)22(27)24-19-12-14-26(15-13-19)23(28)18-6-7-18/h2-5,8-11,18-19,25H,6-7,12-15H2,1H3,(H,24,27). The lowest BCUT2D eigenvalue weighted by atomic mass is 10.0. The molecule has 1 aliphatic heterocycles. The summed E-state index contributed by atoms with van der Waals surface area (Å²) in [4.78, 5) is 26.7. The number of sulfonamides is 1. The Kier molecular flexibility index (Phi) is 6.00. The fraction of sp³-hybridized carbons (Fsp3) is 0.391. The highest BCUT2D eigenvalue weighted by Gasteiger charge is 2.35. The van der Waals surface area contributed by atoms with Crippen LogP contribution in [-0.2, 0) is 14.8 Å². The van der Waals surface area contributed by atoms with E-state index in [-0.39, 0.29) is 28.7 Å². The second-order valence-electron chi connectivity index (χ2n) is 8.29. The highest BCUT2D eigenvalue weighted by molar-refractivity contribution is 7.92. The van der Waals surface area contributed by atoms with Gasteiger partial charge in [-0.2, -0.15) is 0 Å². The van der Waals surface area contributed by atoms with Crippen molar-refractivity contribution < 1.29 is 18.0 Å². The van der Waals surface area contributed by atoms with Gasteiger partial charge in [0.2, 0.25) is 5.91 Å². The molecule has 0 aromatic heterocycles. The second kappa shape index (κ2) is 8.70. The molecule has 7 nitrogen and oxygen atoms in total. The van der Waals surface area contributed by atoms with Crippen LogP contribution in [0.2, 0.25) is 0 Å². The summed E-state index contributed by atoms with van der Waals surface area (Å²) in [5, 5.41) is 3.00. The number of hydrogen-bond acceptors (Lipinski definition) is 4. The van der Waals surface area contributed by atoms with Crippen LogP contribution in [0, 0.1) is 12.8 Å². The summed E-state index contributed by atoms with van der Waals surface area (Å²) < 4.78 is 27.9. The van der Waals surface area contributed by atoms with Gasteiger partial charge in [-0.05, 0) is 68.5 Å². The van der Waals surface area contributed by atoms with E-state index in [0.29, 0.717) is 24.3 Å². The molecule has 2 aromatic rings. The fourth-order valence-electron chi connectivity index (χ4n) is 3.78. The van der Waals surface area contributed by atoms with Gasteiger partial charge in [0.15, 0.2) is 0 Å². The molecule has 2 aliphatic rings. The molecule has 1 saturated carbocycles. The molecule has 2 N–H and O–H groups in total. The van der Waals surface area contributed by atoms with Crippen molar-refractivity contribution in [1.82, 2.24) is 10.2 Å². The van der Waals surface area contributed by atoms with Gasteiger partial charge in [0.1, 0.15) is 0 Å². The maximum Gasteiger partial charge on any atom is 0.261 e. The molecule has 2 fully saturated rings. The van der Waals surface area contributed by atoms with Crippen LogP contribution in [0.4, 0.5) is 5.69 Å². The van der Waals surface area contributed by atoms with Gasteiger partial charge in [0, 0.05) is 30.6 Å². The number of aryl methyl sites for hydroxylation is 1. The Balaban J connectivity index is 1.34. The minimum absolute atomic E-state index is 0.0156. The fourth-order valence-corrected chi connectivity index (χ4v) is 4.91. The number of nitrogens with one attached hydrogen (secondary N) is 2. The summed E-state index contributed by atoms with van der Waals surface area (Å²) in [5.74, 6) is 0.241. The molecule has 1 saturated heterocycles. The topological polar surface area (TPSA) is 95.6 Å². The number of nitrogens with zero attached hydrogens (tertiary/aromatic N) is 1. The van der Waals surface area contributed by atoms with E-state index in [1.807, 2.05) is 24.0 Å². The highest BCUT2D eigenvalue weighted by Crippen LogP contribution is 2.32. The SMILES string of the molecule is Cc1ccccc1NS(=O)(=O)c1ccc(C(=O)NC2CCN(C(=O)C3CC3)CC2)cc1. The molecule has 0 spiro atoms. The average Bonchev–Trinajstić information content (AvgIpc) is 3.61. The van der Waals surface area contributed by atoms with Gasteiger partial charge in [-0.3, -0.25) is 14.3 Å². The van der Waals surface area contributed by atoms with Crippen LogP contribution >= 0.6 is 0 Å². The Bertz CT molecular complexity index is 1070. The molecular formula is C23H27N3O4S. The summed E-state index contributed by atoms with van der Waals surface area (Å²) in [5.41, 5.74) is 1.76. The van der Waals surface area contributed by atoms with Gasteiger partial charge in [0.25, 0.3) is 15.9 Å². The minimum Gasteiger partial charge on any atom is -0.349 e. The molecule has 1 heterocycles. The first-order chi connectivity index (χ1) is 14.8. The quantitative estimate of drug-likeness (QED) is 0.721. The van der Waals surface area contributed by atoms with E-state index >= 15 is 0 Å². The Morgan fingerprint density at radius 1 is 0.935 bits per heavy atom. The number of para-hydroxylation sites is 1. The van der Waals surface area contributed by atoms with E-state index in [4.69, 9.17) is 0 Å². The van der Waals surface area contributed by atoms with E-state index in [0.717, 1.165) is 31.2 Å². The zero-order valence-electron chi connectivity index (χ0n) is 17.5. The molecule has 4 rings (SSSR count). The van der Waals surface area contributed by atoms with Gasteiger partial charge < -0.3 is 10.2 Å². The molecule has 2 amide bonds. The van der Waals surface area contributed by atoms with Crippen molar-refractivity contribution in [2.75, 3.05) is 17.8 Å². The van der Waals surface area contributed by atoms with E-state index in [1.165, 1.54) is 24.3 Å². The molecule has 1 aliphatic carbocycles. The van der Waals surface area contributed by atoms with Crippen molar-refractivity contribution in [3.8, 4) is 0 Å². The third kappa shape index (κ3) is 5.07. The molecule has 2 aromatic carbocycles. The predicted molar refractivity (Wildman–Crippen MR) is 118 cm³/mol. The van der Waals surface area contributed by atoms with Gasteiger partial charge in [-0.25, -0.2) is 8.42 Å². The van der Waals surface area contributed by atoms with E-state index in [9.17, 15) is 18.0 Å². The number of amides is 2. The Morgan fingerprint density at radius 2 is 1.58 bits per heavy atom. The first-order valence-corrected chi connectivity index (χ1v) is 12.1. The maximum absolute atomic E-state index is 12.6. The Labute approximate surface area is 182 Å². The predicted octanol–water partition coefficient (Wildman–Crippen LogP) is 2.93. The van der Waals surface area contributed by atoms with E-state index in [2.05, 4.69) is 10.0 Å². The lowest BCUT2D eigenvalue weighted by Gasteiger charge is -2.32. The number of likely N-dealkylation sites (tertiary alicyclic amines) is 1. The van der Waals surface area contributed by atoms with Crippen molar-refractivity contribution in [3.63, 3.8) is 0 Å². The van der Waals surface area contributed by atoms with Crippen molar-refractivity contribution in [1.29, 1.82) is 0 Å². The summed E-state index contributed by atoms with van der Waals surface area (Å²) in [6.07, 6.45) is 3.47. The second-order valence-corrected chi connectivity index (χ2v) is 9.97. The smallest absolute Gasteiger partial charge is 0.261 e. The van der Waals surface area contributed by atoms with Crippen molar-refractivity contribution >= 4 is 27.5 Å². The van der Waals surface area contributed by atoms with E-state index in [1.54, 1.807) is 12.1 Å².